The van der Waals surface area contributed by atoms with E-state index < -0.39 is 0 Å². The van der Waals surface area contributed by atoms with E-state index in [0.29, 0.717) is 18.2 Å². The summed E-state index contributed by atoms with van der Waals surface area (Å²) in [7, 11) is 0. The van der Waals surface area contributed by atoms with Gasteiger partial charge in [0.25, 0.3) is 0 Å². The summed E-state index contributed by atoms with van der Waals surface area (Å²) in [6.07, 6.45) is 1.35. The molecule has 0 aliphatic heterocycles. The fourth-order valence-electron chi connectivity index (χ4n) is 1.72. The van der Waals surface area contributed by atoms with E-state index in [1.54, 1.807) is 0 Å². The lowest BCUT2D eigenvalue weighted by atomic mass is 10.1. The number of alkyl halides is 1. The van der Waals surface area contributed by atoms with E-state index in [1.165, 1.54) is 11.3 Å². The summed E-state index contributed by atoms with van der Waals surface area (Å²) in [6.45, 7) is 6.33. The molecule has 1 aromatic heterocycles. The fraction of sp³-hybridized carbons (Fsp3) is 0.667. The number of halogens is 1. The highest BCUT2D eigenvalue weighted by atomic mass is 35.5. The SMILES string of the molecule is CC(C)CC(C)NC(=O)Cc1nc(CCl)cs1. The lowest BCUT2D eigenvalue weighted by Crippen LogP contribution is -2.34. The van der Waals surface area contributed by atoms with Gasteiger partial charge in [0.05, 0.1) is 18.0 Å². The summed E-state index contributed by atoms with van der Waals surface area (Å²) in [5, 5.41) is 5.71. The highest BCUT2D eigenvalue weighted by Crippen LogP contribution is 2.12. The van der Waals surface area contributed by atoms with Crippen LogP contribution in [-0.2, 0) is 17.1 Å². The Hall–Kier alpha value is -0.610. The summed E-state index contributed by atoms with van der Waals surface area (Å²) in [5.74, 6) is 1.03. The van der Waals surface area contributed by atoms with Gasteiger partial charge in [-0.15, -0.1) is 22.9 Å². The van der Waals surface area contributed by atoms with Crippen molar-refractivity contribution in [2.24, 2.45) is 5.92 Å². The molecule has 0 bridgehead atoms. The fourth-order valence-corrected chi connectivity index (χ4v) is 2.74. The minimum Gasteiger partial charge on any atom is -0.353 e. The maximum Gasteiger partial charge on any atom is 0.227 e. The minimum absolute atomic E-state index is 0.0358. The van der Waals surface area contributed by atoms with Gasteiger partial charge < -0.3 is 5.32 Å². The third kappa shape index (κ3) is 5.50. The molecular weight excluding hydrogens is 256 g/mol. The Bertz CT molecular complexity index is 365. The van der Waals surface area contributed by atoms with Gasteiger partial charge in [0.1, 0.15) is 5.01 Å². The zero-order chi connectivity index (χ0) is 12.8. The summed E-state index contributed by atoms with van der Waals surface area (Å²) < 4.78 is 0. The van der Waals surface area contributed by atoms with Crippen LogP contribution in [0.5, 0.6) is 0 Å². The van der Waals surface area contributed by atoms with Crippen LogP contribution in [-0.4, -0.2) is 16.9 Å². The molecule has 0 radical (unpaired) electrons. The molecule has 5 heteroatoms. The molecule has 0 aliphatic carbocycles. The standard InChI is InChI=1S/C12H19ClN2OS/c1-8(2)4-9(3)14-11(16)5-12-15-10(6-13)7-17-12/h7-9H,4-6H2,1-3H3,(H,14,16). The molecule has 17 heavy (non-hydrogen) atoms. The number of aromatic nitrogens is 1. The number of rotatable bonds is 6. The van der Waals surface area contributed by atoms with E-state index in [2.05, 4.69) is 24.1 Å². The molecular formula is C12H19ClN2OS. The van der Waals surface area contributed by atoms with Crippen LogP contribution in [0.2, 0.25) is 0 Å². The summed E-state index contributed by atoms with van der Waals surface area (Å²) in [4.78, 5) is 16.0. The molecule has 1 atom stereocenters. The van der Waals surface area contributed by atoms with Crippen LogP contribution in [0.25, 0.3) is 0 Å². The second kappa shape index (κ2) is 6.97. The first-order valence-corrected chi connectivity index (χ1v) is 7.21. The van der Waals surface area contributed by atoms with Crippen LogP contribution in [0.4, 0.5) is 0 Å². The van der Waals surface area contributed by atoms with Crippen molar-refractivity contribution in [1.29, 1.82) is 0 Å². The maximum absolute atomic E-state index is 11.7. The minimum atomic E-state index is 0.0358. The monoisotopic (exact) mass is 274 g/mol. The topological polar surface area (TPSA) is 42.0 Å². The van der Waals surface area contributed by atoms with Crippen molar-refractivity contribution in [2.45, 2.75) is 45.5 Å². The molecule has 96 valence electrons. The Kier molecular flexibility index (Phi) is 5.92. The number of amides is 1. The van der Waals surface area contributed by atoms with E-state index in [1.807, 2.05) is 12.3 Å². The van der Waals surface area contributed by atoms with E-state index in [4.69, 9.17) is 11.6 Å². The van der Waals surface area contributed by atoms with Crippen molar-refractivity contribution < 1.29 is 4.79 Å². The van der Waals surface area contributed by atoms with E-state index in [9.17, 15) is 4.79 Å². The zero-order valence-electron chi connectivity index (χ0n) is 10.5. The van der Waals surface area contributed by atoms with Crippen molar-refractivity contribution >= 4 is 28.8 Å². The van der Waals surface area contributed by atoms with Crippen LogP contribution >= 0.6 is 22.9 Å². The van der Waals surface area contributed by atoms with Crippen LogP contribution in [0, 0.1) is 5.92 Å². The summed E-state index contributed by atoms with van der Waals surface area (Å²) in [5.41, 5.74) is 0.842. The Balaban J connectivity index is 2.38. The first-order chi connectivity index (χ1) is 8.01. The molecule has 1 rings (SSSR count). The predicted molar refractivity (Wildman–Crippen MR) is 72.4 cm³/mol. The average Bonchev–Trinajstić information content (AvgIpc) is 2.63. The van der Waals surface area contributed by atoms with Gasteiger partial charge in [-0.2, -0.15) is 0 Å². The van der Waals surface area contributed by atoms with Gasteiger partial charge in [0, 0.05) is 11.4 Å². The number of hydrogen-bond donors (Lipinski definition) is 1. The summed E-state index contributed by atoms with van der Waals surface area (Å²) >= 11 is 7.15. The Morgan fingerprint density at radius 3 is 2.76 bits per heavy atom. The van der Waals surface area contributed by atoms with Crippen LogP contribution in [0.1, 0.15) is 37.9 Å². The Morgan fingerprint density at radius 1 is 1.53 bits per heavy atom. The molecule has 1 amide bonds. The van der Waals surface area contributed by atoms with Gasteiger partial charge in [-0.1, -0.05) is 13.8 Å². The Morgan fingerprint density at radius 2 is 2.24 bits per heavy atom. The average molecular weight is 275 g/mol. The highest BCUT2D eigenvalue weighted by molar-refractivity contribution is 7.09. The molecule has 0 fully saturated rings. The maximum atomic E-state index is 11.7. The first kappa shape index (κ1) is 14.5. The molecule has 0 saturated carbocycles. The second-order valence-corrected chi connectivity index (χ2v) is 5.85. The number of nitrogens with zero attached hydrogens (tertiary/aromatic N) is 1. The lowest BCUT2D eigenvalue weighted by Gasteiger charge is -2.15. The van der Waals surface area contributed by atoms with Crippen LogP contribution < -0.4 is 5.32 Å². The third-order valence-electron chi connectivity index (χ3n) is 2.28. The van der Waals surface area contributed by atoms with Crippen LogP contribution in [0.3, 0.4) is 0 Å². The van der Waals surface area contributed by atoms with E-state index in [0.717, 1.165) is 17.1 Å². The largest absolute Gasteiger partial charge is 0.353 e. The summed E-state index contributed by atoms with van der Waals surface area (Å²) in [6, 6.07) is 0.218. The normalized spacial score (nSPS) is 12.8. The van der Waals surface area contributed by atoms with Crippen molar-refractivity contribution in [3.8, 4) is 0 Å². The van der Waals surface area contributed by atoms with Crippen molar-refractivity contribution in [3.05, 3.63) is 16.1 Å². The quantitative estimate of drug-likeness (QED) is 0.811. The lowest BCUT2D eigenvalue weighted by molar-refractivity contribution is -0.121. The third-order valence-corrected chi connectivity index (χ3v) is 3.45. The van der Waals surface area contributed by atoms with Crippen molar-refractivity contribution in [3.63, 3.8) is 0 Å². The van der Waals surface area contributed by atoms with Gasteiger partial charge in [-0.05, 0) is 19.3 Å². The predicted octanol–water partition coefficient (Wildman–Crippen LogP) is 2.98. The van der Waals surface area contributed by atoms with Gasteiger partial charge in [0.2, 0.25) is 5.91 Å². The van der Waals surface area contributed by atoms with Gasteiger partial charge in [-0.3, -0.25) is 4.79 Å². The molecule has 0 aromatic carbocycles. The molecule has 1 N–H and O–H groups in total. The molecule has 0 spiro atoms. The van der Waals surface area contributed by atoms with Gasteiger partial charge >= 0.3 is 0 Å². The molecule has 0 aliphatic rings. The highest BCUT2D eigenvalue weighted by Gasteiger charge is 2.11. The van der Waals surface area contributed by atoms with Gasteiger partial charge in [-0.25, -0.2) is 4.98 Å². The smallest absolute Gasteiger partial charge is 0.227 e. The first-order valence-electron chi connectivity index (χ1n) is 5.79. The number of nitrogens with one attached hydrogen (secondary N) is 1. The number of hydrogen-bond acceptors (Lipinski definition) is 3. The number of thiazole rings is 1. The van der Waals surface area contributed by atoms with E-state index >= 15 is 0 Å². The second-order valence-electron chi connectivity index (χ2n) is 4.64. The van der Waals surface area contributed by atoms with E-state index in [-0.39, 0.29) is 11.9 Å². The molecule has 1 heterocycles. The molecule has 3 nitrogen and oxygen atoms in total. The molecule has 1 aromatic rings. The zero-order valence-corrected chi connectivity index (χ0v) is 12.1. The molecule has 1 unspecified atom stereocenters. The molecule has 0 saturated heterocycles. The van der Waals surface area contributed by atoms with Crippen molar-refractivity contribution in [1.82, 2.24) is 10.3 Å². The van der Waals surface area contributed by atoms with Crippen molar-refractivity contribution in [2.75, 3.05) is 0 Å². The van der Waals surface area contributed by atoms with Crippen LogP contribution in [0.15, 0.2) is 5.38 Å². The van der Waals surface area contributed by atoms with Gasteiger partial charge in [0.15, 0.2) is 0 Å². The number of carbonyl (C=O) groups is 1. The number of carbonyl (C=O) groups excluding carboxylic acids is 1. The Labute approximate surface area is 112 Å².